The molecular formula is C23H22O4. The molecule has 0 unspecified atom stereocenters. The highest BCUT2D eigenvalue weighted by Crippen LogP contribution is 2.22. The van der Waals surface area contributed by atoms with E-state index in [1.54, 1.807) is 14.2 Å². The normalized spacial score (nSPS) is 11.0. The van der Waals surface area contributed by atoms with Crippen molar-refractivity contribution in [3.05, 3.63) is 90.2 Å². The standard InChI is InChI=1S/C23H22O4/c1-24-19-8-12-21(13-9-19)26-17-23(16-18-6-4-3-5-7-18)27-22-14-10-20(25-2)11-15-22/h3-16H,17H2,1-2H3/b23-16-. The molecule has 138 valence electrons. The largest absolute Gasteiger partial charge is 0.497 e. The Balaban J connectivity index is 1.75. The van der Waals surface area contributed by atoms with Crippen LogP contribution < -0.4 is 18.9 Å². The summed E-state index contributed by atoms with van der Waals surface area (Å²) in [6.45, 7) is 0.299. The van der Waals surface area contributed by atoms with Gasteiger partial charge in [0.2, 0.25) is 0 Å². The van der Waals surface area contributed by atoms with Crippen molar-refractivity contribution in [3.8, 4) is 23.0 Å². The van der Waals surface area contributed by atoms with Crippen LogP contribution in [0, 0.1) is 0 Å². The molecule has 4 nitrogen and oxygen atoms in total. The second-order valence-electron chi connectivity index (χ2n) is 5.76. The number of methoxy groups -OCH3 is 2. The second-order valence-corrected chi connectivity index (χ2v) is 5.76. The minimum absolute atomic E-state index is 0.299. The molecule has 0 aromatic heterocycles. The first-order chi connectivity index (χ1) is 13.3. The fourth-order valence-corrected chi connectivity index (χ4v) is 2.46. The predicted octanol–water partition coefficient (Wildman–Crippen LogP) is 5.20. The fourth-order valence-electron chi connectivity index (χ4n) is 2.46. The van der Waals surface area contributed by atoms with Crippen molar-refractivity contribution in [1.82, 2.24) is 0 Å². The molecule has 3 aromatic carbocycles. The van der Waals surface area contributed by atoms with Gasteiger partial charge in [-0.3, -0.25) is 0 Å². The lowest BCUT2D eigenvalue weighted by atomic mass is 10.2. The van der Waals surface area contributed by atoms with Gasteiger partial charge in [0.15, 0.2) is 0 Å². The monoisotopic (exact) mass is 362 g/mol. The van der Waals surface area contributed by atoms with Gasteiger partial charge in [-0.1, -0.05) is 30.3 Å². The van der Waals surface area contributed by atoms with Crippen molar-refractivity contribution in [1.29, 1.82) is 0 Å². The number of rotatable bonds is 8. The minimum Gasteiger partial charge on any atom is -0.497 e. The van der Waals surface area contributed by atoms with Gasteiger partial charge in [0.1, 0.15) is 35.4 Å². The highest BCUT2D eigenvalue weighted by Gasteiger charge is 2.05. The van der Waals surface area contributed by atoms with Crippen molar-refractivity contribution < 1.29 is 18.9 Å². The minimum atomic E-state index is 0.299. The van der Waals surface area contributed by atoms with Gasteiger partial charge < -0.3 is 18.9 Å². The van der Waals surface area contributed by atoms with E-state index in [0.717, 1.165) is 28.6 Å². The Morgan fingerprint density at radius 2 is 1.19 bits per heavy atom. The van der Waals surface area contributed by atoms with Crippen LogP contribution in [-0.2, 0) is 0 Å². The molecule has 0 saturated carbocycles. The molecule has 0 N–H and O–H groups in total. The van der Waals surface area contributed by atoms with E-state index in [0.29, 0.717) is 12.4 Å². The van der Waals surface area contributed by atoms with Gasteiger partial charge in [0.25, 0.3) is 0 Å². The molecule has 0 heterocycles. The van der Waals surface area contributed by atoms with E-state index in [9.17, 15) is 0 Å². The third-order valence-electron chi connectivity index (χ3n) is 3.88. The molecule has 0 aliphatic rings. The smallest absolute Gasteiger partial charge is 0.146 e. The summed E-state index contributed by atoms with van der Waals surface area (Å²) in [5.41, 5.74) is 1.04. The van der Waals surface area contributed by atoms with Gasteiger partial charge in [-0.2, -0.15) is 0 Å². The molecule has 27 heavy (non-hydrogen) atoms. The molecule has 0 atom stereocenters. The van der Waals surface area contributed by atoms with Crippen molar-refractivity contribution in [2.75, 3.05) is 20.8 Å². The lowest BCUT2D eigenvalue weighted by Gasteiger charge is -2.13. The van der Waals surface area contributed by atoms with Crippen molar-refractivity contribution in [2.45, 2.75) is 0 Å². The third-order valence-corrected chi connectivity index (χ3v) is 3.88. The lowest BCUT2D eigenvalue weighted by Crippen LogP contribution is -2.07. The van der Waals surface area contributed by atoms with E-state index in [1.807, 2.05) is 84.9 Å². The maximum Gasteiger partial charge on any atom is 0.146 e. The Morgan fingerprint density at radius 3 is 1.74 bits per heavy atom. The summed E-state index contributed by atoms with van der Waals surface area (Å²) >= 11 is 0. The van der Waals surface area contributed by atoms with Gasteiger partial charge in [0, 0.05) is 0 Å². The number of hydrogen-bond acceptors (Lipinski definition) is 4. The molecule has 3 aromatic rings. The van der Waals surface area contributed by atoms with Gasteiger partial charge in [-0.25, -0.2) is 0 Å². The maximum absolute atomic E-state index is 6.04. The van der Waals surface area contributed by atoms with E-state index < -0.39 is 0 Å². The summed E-state index contributed by atoms with van der Waals surface area (Å²) < 4.78 is 22.3. The zero-order chi connectivity index (χ0) is 18.9. The average molecular weight is 362 g/mol. The zero-order valence-corrected chi connectivity index (χ0v) is 15.4. The predicted molar refractivity (Wildman–Crippen MR) is 107 cm³/mol. The SMILES string of the molecule is COc1ccc(OC/C(=C/c2ccccc2)Oc2ccc(OC)cc2)cc1. The molecule has 0 aliphatic carbocycles. The van der Waals surface area contributed by atoms with Crippen LogP contribution in [0.2, 0.25) is 0 Å². The van der Waals surface area contributed by atoms with Crippen LogP contribution >= 0.6 is 0 Å². The molecule has 4 heteroatoms. The fraction of sp³-hybridized carbons (Fsp3) is 0.130. The Kier molecular flexibility index (Phi) is 6.36. The molecule has 0 saturated heterocycles. The molecule has 0 radical (unpaired) electrons. The van der Waals surface area contributed by atoms with E-state index >= 15 is 0 Å². The highest BCUT2D eigenvalue weighted by atomic mass is 16.5. The summed E-state index contributed by atoms with van der Waals surface area (Å²) in [5.74, 6) is 3.73. The Bertz CT molecular complexity index is 853. The third kappa shape index (κ3) is 5.54. The van der Waals surface area contributed by atoms with Gasteiger partial charge in [0.05, 0.1) is 14.2 Å². The van der Waals surface area contributed by atoms with Gasteiger partial charge in [-0.15, -0.1) is 0 Å². The summed E-state index contributed by atoms with van der Waals surface area (Å²) in [5, 5.41) is 0. The lowest BCUT2D eigenvalue weighted by molar-refractivity contribution is 0.283. The molecule has 0 spiro atoms. The van der Waals surface area contributed by atoms with Crippen LogP contribution in [0.5, 0.6) is 23.0 Å². The summed E-state index contributed by atoms with van der Waals surface area (Å²) in [6, 6.07) is 24.9. The van der Waals surface area contributed by atoms with Crippen LogP contribution in [0.3, 0.4) is 0 Å². The summed E-state index contributed by atoms with van der Waals surface area (Å²) in [6.07, 6.45) is 1.97. The maximum atomic E-state index is 6.04. The van der Waals surface area contributed by atoms with E-state index in [2.05, 4.69) is 0 Å². The molecular weight excluding hydrogens is 340 g/mol. The van der Waals surface area contributed by atoms with Crippen LogP contribution in [0.15, 0.2) is 84.6 Å². The molecule has 0 amide bonds. The van der Waals surface area contributed by atoms with E-state index in [1.165, 1.54) is 0 Å². The summed E-state index contributed by atoms with van der Waals surface area (Å²) in [4.78, 5) is 0. The first kappa shape index (κ1) is 18.4. The van der Waals surface area contributed by atoms with Crippen LogP contribution in [0.25, 0.3) is 6.08 Å². The zero-order valence-electron chi connectivity index (χ0n) is 15.4. The van der Waals surface area contributed by atoms with Crippen molar-refractivity contribution in [2.24, 2.45) is 0 Å². The molecule has 0 bridgehead atoms. The second kappa shape index (κ2) is 9.34. The number of hydrogen-bond donors (Lipinski definition) is 0. The molecule has 0 aliphatic heterocycles. The average Bonchev–Trinajstić information content (AvgIpc) is 2.73. The van der Waals surface area contributed by atoms with Crippen LogP contribution in [0.4, 0.5) is 0 Å². The highest BCUT2D eigenvalue weighted by molar-refractivity contribution is 5.52. The Labute approximate surface area is 159 Å². The van der Waals surface area contributed by atoms with E-state index in [-0.39, 0.29) is 0 Å². The van der Waals surface area contributed by atoms with Crippen LogP contribution in [0.1, 0.15) is 5.56 Å². The Morgan fingerprint density at radius 1 is 0.667 bits per heavy atom. The van der Waals surface area contributed by atoms with Crippen molar-refractivity contribution in [3.63, 3.8) is 0 Å². The van der Waals surface area contributed by atoms with Crippen molar-refractivity contribution >= 4 is 6.08 Å². The van der Waals surface area contributed by atoms with Crippen LogP contribution in [-0.4, -0.2) is 20.8 Å². The first-order valence-electron chi connectivity index (χ1n) is 8.61. The number of benzene rings is 3. The summed E-state index contributed by atoms with van der Waals surface area (Å²) in [7, 11) is 3.28. The van der Waals surface area contributed by atoms with E-state index in [4.69, 9.17) is 18.9 Å². The Hall–Kier alpha value is -3.40. The molecule has 0 fully saturated rings. The quantitative estimate of drug-likeness (QED) is 0.516. The van der Waals surface area contributed by atoms with Gasteiger partial charge in [-0.05, 0) is 60.2 Å². The first-order valence-corrected chi connectivity index (χ1v) is 8.61. The van der Waals surface area contributed by atoms with Gasteiger partial charge >= 0.3 is 0 Å². The molecule has 3 rings (SSSR count). The number of ether oxygens (including phenoxy) is 4. The topological polar surface area (TPSA) is 36.9 Å².